The molecular formula is C18H20N4O5S2. The van der Waals surface area contributed by atoms with Crippen LogP contribution in [0.1, 0.15) is 30.4 Å². The molecule has 2 heterocycles. The Labute approximate surface area is 171 Å². The molecule has 0 aliphatic heterocycles. The highest BCUT2D eigenvalue weighted by Crippen LogP contribution is 2.22. The summed E-state index contributed by atoms with van der Waals surface area (Å²) in [6, 6.07) is 6.21. The normalized spacial score (nSPS) is 12.7. The molecule has 0 aliphatic rings. The molecule has 0 aliphatic carbocycles. The van der Waals surface area contributed by atoms with Crippen molar-refractivity contribution < 1.29 is 22.7 Å². The number of carbonyl (C=O) groups is 2. The summed E-state index contributed by atoms with van der Waals surface area (Å²) in [7, 11) is -2.14. The summed E-state index contributed by atoms with van der Waals surface area (Å²) < 4.78 is 32.2. The second kappa shape index (κ2) is 7.91. The van der Waals surface area contributed by atoms with Crippen molar-refractivity contribution in [3.63, 3.8) is 0 Å². The summed E-state index contributed by atoms with van der Waals surface area (Å²) >= 11 is 1.11. The molecule has 1 amide bonds. The predicted molar refractivity (Wildman–Crippen MR) is 107 cm³/mol. The molecule has 29 heavy (non-hydrogen) atoms. The number of esters is 1. The number of hydrogen-bond donors (Lipinski definition) is 0. The first-order valence-corrected chi connectivity index (χ1v) is 11.4. The van der Waals surface area contributed by atoms with Crippen molar-refractivity contribution in [2.75, 3.05) is 13.4 Å². The van der Waals surface area contributed by atoms with Gasteiger partial charge in [-0.05, 0) is 38.1 Å². The maximum absolute atomic E-state index is 12.6. The summed E-state index contributed by atoms with van der Waals surface area (Å²) in [6.45, 7) is 3.71. The fraction of sp³-hybridized carbons (Fsp3) is 0.333. The fourth-order valence-electron chi connectivity index (χ4n) is 2.60. The topological polar surface area (TPSA) is 113 Å². The van der Waals surface area contributed by atoms with Crippen LogP contribution in [0.25, 0.3) is 10.2 Å². The minimum absolute atomic E-state index is 0.0968. The van der Waals surface area contributed by atoms with Crippen LogP contribution in [0.4, 0.5) is 0 Å². The Morgan fingerprint density at radius 2 is 2.00 bits per heavy atom. The molecule has 2 aromatic heterocycles. The lowest BCUT2D eigenvalue weighted by Crippen LogP contribution is -2.22. The van der Waals surface area contributed by atoms with Gasteiger partial charge in [0, 0.05) is 18.5 Å². The van der Waals surface area contributed by atoms with Crippen LogP contribution >= 0.6 is 11.3 Å². The highest BCUT2D eigenvalue weighted by atomic mass is 32.2. The largest absolute Gasteiger partial charge is 0.468 e. The molecular weight excluding hydrogens is 416 g/mol. The number of amides is 1. The van der Waals surface area contributed by atoms with Crippen molar-refractivity contribution >= 4 is 43.3 Å². The summed E-state index contributed by atoms with van der Waals surface area (Å²) in [5, 5.41) is 4.21. The van der Waals surface area contributed by atoms with Gasteiger partial charge in [0.05, 0.1) is 22.2 Å². The lowest BCUT2D eigenvalue weighted by atomic mass is 10.3. The number of carbonyl (C=O) groups excluding carboxylic acids is 2. The van der Waals surface area contributed by atoms with Gasteiger partial charge in [-0.3, -0.25) is 14.3 Å². The molecule has 0 N–H and O–H groups in total. The number of thiazole rings is 1. The van der Waals surface area contributed by atoms with Crippen molar-refractivity contribution in [3.05, 3.63) is 41.0 Å². The summed E-state index contributed by atoms with van der Waals surface area (Å²) in [5.41, 5.74) is 0.754. The van der Waals surface area contributed by atoms with E-state index >= 15 is 0 Å². The van der Waals surface area contributed by atoms with Gasteiger partial charge in [-0.15, -0.1) is 0 Å². The molecule has 0 atom stereocenters. The molecule has 3 aromatic rings. The number of hydrogen-bond acceptors (Lipinski definition) is 7. The number of rotatable bonds is 5. The highest BCUT2D eigenvalue weighted by molar-refractivity contribution is 7.90. The summed E-state index contributed by atoms with van der Waals surface area (Å²) in [4.78, 5) is 29.0. The van der Waals surface area contributed by atoms with E-state index in [-0.39, 0.29) is 28.0 Å². The molecule has 1 aromatic carbocycles. The van der Waals surface area contributed by atoms with Crippen molar-refractivity contribution in [2.45, 2.75) is 31.3 Å². The average Bonchev–Trinajstić information content (AvgIpc) is 3.26. The monoisotopic (exact) mass is 436 g/mol. The van der Waals surface area contributed by atoms with Crippen LogP contribution in [-0.4, -0.2) is 48.0 Å². The third-order valence-corrected chi connectivity index (χ3v) is 6.30. The van der Waals surface area contributed by atoms with Gasteiger partial charge in [-0.2, -0.15) is 10.1 Å². The number of sulfone groups is 1. The molecule has 0 bridgehead atoms. The van der Waals surface area contributed by atoms with Gasteiger partial charge in [-0.25, -0.2) is 8.42 Å². The van der Waals surface area contributed by atoms with Crippen LogP contribution in [0.3, 0.4) is 0 Å². The predicted octanol–water partition coefficient (Wildman–Crippen LogP) is 1.80. The quantitative estimate of drug-likeness (QED) is 0.564. The number of aromatic nitrogens is 3. The van der Waals surface area contributed by atoms with E-state index in [9.17, 15) is 18.0 Å². The van der Waals surface area contributed by atoms with Gasteiger partial charge in [0.2, 0.25) is 0 Å². The van der Waals surface area contributed by atoms with Crippen LogP contribution in [-0.2, 0) is 25.9 Å². The molecule has 0 fully saturated rings. The van der Waals surface area contributed by atoms with Gasteiger partial charge in [0.25, 0.3) is 5.91 Å². The second-order valence-corrected chi connectivity index (χ2v) is 9.67. The van der Waals surface area contributed by atoms with Crippen LogP contribution in [0.5, 0.6) is 0 Å². The van der Waals surface area contributed by atoms with Gasteiger partial charge in [0.15, 0.2) is 20.3 Å². The van der Waals surface area contributed by atoms with E-state index in [4.69, 9.17) is 4.74 Å². The zero-order valence-electron chi connectivity index (χ0n) is 16.3. The number of fused-ring (bicyclic) bond motifs is 1. The van der Waals surface area contributed by atoms with Crippen LogP contribution in [0.15, 0.2) is 40.4 Å². The number of ether oxygens (including phenoxy) is 1. The van der Waals surface area contributed by atoms with Gasteiger partial charge in [-0.1, -0.05) is 11.3 Å². The average molecular weight is 437 g/mol. The molecule has 0 saturated heterocycles. The van der Waals surface area contributed by atoms with Crippen LogP contribution in [0, 0.1) is 0 Å². The zero-order valence-corrected chi connectivity index (χ0v) is 18.0. The van der Waals surface area contributed by atoms with Crippen molar-refractivity contribution in [2.24, 2.45) is 4.99 Å². The van der Waals surface area contributed by atoms with E-state index < -0.39 is 21.7 Å². The minimum atomic E-state index is -3.40. The van der Waals surface area contributed by atoms with E-state index in [1.807, 2.05) is 13.8 Å². The van der Waals surface area contributed by atoms with Crippen molar-refractivity contribution in [1.82, 2.24) is 14.3 Å². The minimum Gasteiger partial charge on any atom is -0.468 e. The SMILES string of the molecule is COC(=O)Cn1c(=NC(=O)c2ccn(C(C)C)n2)sc2cc(S(C)(=O)=O)ccc21. The lowest BCUT2D eigenvalue weighted by Gasteiger charge is -2.04. The van der Waals surface area contributed by atoms with Crippen molar-refractivity contribution in [1.29, 1.82) is 0 Å². The summed E-state index contributed by atoms with van der Waals surface area (Å²) in [6.07, 6.45) is 2.81. The van der Waals surface area contributed by atoms with Gasteiger partial charge < -0.3 is 9.30 Å². The molecule has 3 rings (SSSR count). The van der Waals surface area contributed by atoms with Crippen LogP contribution in [0.2, 0.25) is 0 Å². The van der Waals surface area contributed by atoms with Crippen LogP contribution < -0.4 is 4.80 Å². The Balaban J connectivity index is 2.15. The third-order valence-electron chi connectivity index (χ3n) is 4.15. The van der Waals surface area contributed by atoms with E-state index in [2.05, 4.69) is 10.1 Å². The molecule has 154 valence electrons. The molecule has 0 unspecified atom stereocenters. The lowest BCUT2D eigenvalue weighted by molar-refractivity contribution is -0.141. The fourth-order valence-corrected chi connectivity index (χ4v) is 4.39. The van der Waals surface area contributed by atoms with Crippen molar-refractivity contribution in [3.8, 4) is 0 Å². The maximum Gasteiger partial charge on any atom is 0.325 e. The van der Waals surface area contributed by atoms with Gasteiger partial charge in [0.1, 0.15) is 6.54 Å². The molecule has 9 nitrogen and oxygen atoms in total. The van der Waals surface area contributed by atoms with E-state index in [0.29, 0.717) is 10.2 Å². The third kappa shape index (κ3) is 4.46. The van der Waals surface area contributed by atoms with Gasteiger partial charge >= 0.3 is 5.97 Å². The number of benzene rings is 1. The molecule has 0 radical (unpaired) electrons. The van der Waals surface area contributed by atoms with E-state index in [1.54, 1.807) is 23.0 Å². The Morgan fingerprint density at radius 3 is 2.59 bits per heavy atom. The first-order chi connectivity index (χ1) is 13.6. The Morgan fingerprint density at radius 1 is 1.28 bits per heavy atom. The number of methoxy groups -OCH3 is 1. The van der Waals surface area contributed by atoms with E-state index in [0.717, 1.165) is 17.6 Å². The zero-order chi connectivity index (χ0) is 21.3. The summed E-state index contributed by atoms with van der Waals surface area (Å²) in [5.74, 6) is -1.08. The first-order valence-electron chi connectivity index (χ1n) is 8.64. The van der Waals surface area contributed by atoms with E-state index in [1.165, 1.54) is 23.8 Å². The number of nitrogens with zero attached hydrogens (tertiary/aromatic N) is 4. The first kappa shape index (κ1) is 20.9. The molecule has 0 spiro atoms. The second-order valence-electron chi connectivity index (χ2n) is 6.64. The maximum atomic E-state index is 12.6. The Bertz CT molecular complexity index is 1260. The highest BCUT2D eigenvalue weighted by Gasteiger charge is 2.16. The Hall–Kier alpha value is -2.79. The molecule has 11 heteroatoms. The molecule has 0 saturated carbocycles. The standard InChI is InChI=1S/C18H20N4O5S2/c1-11(2)22-8-7-13(20-22)17(24)19-18-21(10-16(23)27-3)14-6-5-12(29(4,25)26)9-15(14)28-18/h5-9,11H,10H2,1-4H3. The smallest absolute Gasteiger partial charge is 0.325 e. The Kier molecular flexibility index (Phi) is 5.71.